The Labute approximate surface area is 118 Å². The lowest BCUT2D eigenvalue weighted by atomic mass is 9.97. The number of nitrogens with zero attached hydrogens (tertiary/aromatic N) is 2. The van der Waals surface area contributed by atoms with Crippen LogP contribution in [0.1, 0.15) is 19.0 Å². The molecule has 20 heavy (non-hydrogen) atoms. The maximum Gasteiger partial charge on any atom is 0.148 e. The van der Waals surface area contributed by atoms with E-state index in [0.29, 0.717) is 19.6 Å². The maximum absolute atomic E-state index is 10.5. The Morgan fingerprint density at radius 2 is 2.05 bits per heavy atom. The van der Waals surface area contributed by atoms with Crippen molar-refractivity contribution in [3.8, 4) is 0 Å². The molecule has 1 aliphatic rings. The molecule has 2 unspecified atom stereocenters. The first-order chi connectivity index (χ1) is 9.58. The molecule has 5 nitrogen and oxygen atoms in total. The number of rotatable bonds is 3. The third-order valence-electron chi connectivity index (χ3n) is 3.97. The van der Waals surface area contributed by atoms with Gasteiger partial charge in [-0.3, -0.25) is 0 Å². The zero-order chi connectivity index (χ0) is 14.2. The first-order valence-electron chi connectivity index (χ1n) is 6.90. The van der Waals surface area contributed by atoms with Crippen molar-refractivity contribution >= 4 is 16.9 Å². The van der Waals surface area contributed by atoms with Gasteiger partial charge in [0.1, 0.15) is 11.4 Å². The molecule has 0 bridgehead atoms. The van der Waals surface area contributed by atoms with Gasteiger partial charge in [0.2, 0.25) is 0 Å². The number of ether oxygens (including phenoxy) is 1. The lowest BCUT2D eigenvalue weighted by Gasteiger charge is -2.26. The summed E-state index contributed by atoms with van der Waals surface area (Å²) in [6.45, 7) is 4.83. The molecular weight excluding hydrogens is 254 g/mol. The van der Waals surface area contributed by atoms with Crippen molar-refractivity contribution in [1.82, 2.24) is 9.97 Å². The summed E-state index contributed by atoms with van der Waals surface area (Å²) in [5.74, 6) is 0.719. The Kier molecular flexibility index (Phi) is 3.31. The number of fused-ring (bicyclic) bond motifs is 1. The molecule has 2 atom stereocenters. The van der Waals surface area contributed by atoms with Crippen molar-refractivity contribution in [3.63, 3.8) is 0 Å². The summed E-state index contributed by atoms with van der Waals surface area (Å²) in [5, 5.41) is 13.7. The topological polar surface area (TPSA) is 67.3 Å². The molecule has 0 amide bonds. The second-order valence-electron chi connectivity index (χ2n) is 5.37. The highest BCUT2D eigenvalue weighted by molar-refractivity contribution is 5.76. The Balaban J connectivity index is 1.82. The van der Waals surface area contributed by atoms with Crippen LogP contribution in [0.15, 0.2) is 24.3 Å². The monoisotopic (exact) mass is 273 g/mol. The molecule has 1 saturated heterocycles. The number of para-hydroxylation sites is 2. The van der Waals surface area contributed by atoms with Crippen LogP contribution in [-0.4, -0.2) is 39.9 Å². The van der Waals surface area contributed by atoms with Gasteiger partial charge in [-0.1, -0.05) is 12.1 Å². The van der Waals surface area contributed by atoms with Crippen LogP contribution < -0.4 is 5.32 Å². The van der Waals surface area contributed by atoms with Crippen LogP contribution in [0.5, 0.6) is 0 Å². The highest BCUT2D eigenvalue weighted by atomic mass is 16.5. The van der Waals surface area contributed by atoms with E-state index in [4.69, 9.17) is 4.74 Å². The summed E-state index contributed by atoms with van der Waals surface area (Å²) in [6.07, 6.45) is 0.477. The van der Waals surface area contributed by atoms with E-state index < -0.39 is 5.60 Å². The maximum atomic E-state index is 10.5. The summed E-state index contributed by atoms with van der Waals surface area (Å²) in [6, 6.07) is 7.77. The van der Waals surface area contributed by atoms with Crippen LogP contribution in [0.25, 0.3) is 11.0 Å². The fraction of sp³-hybridized carbons (Fsp3) is 0.467. The number of anilines is 1. The van der Waals surface area contributed by atoms with E-state index in [2.05, 4.69) is 15.3 Å². The van der Waals surface area contributed by atoms with E-state index in [1.807, 2.05) is 38.1 Å². The second-order valence-corrected chi connectivity index (χ2v) is 5.37. The number of hydrogen-bond donors (Lipinski definition) is 2. The number of aliphatic hydroxyl groups is 1. The van der Waals surface area contributed by atoms with Gasteiger partial charge in [0, 0.05) is 19.6 Å². The fourth-order valence-electron chi connectivity index (χ4n) is 2.50. The van der Waals surface area contributed by atoms with E-state index in [1.165, 1.54) is 0 Å². The first-order valence-corrected chi connectivity index (χ1v) is 6.90. The number of benzene rings is 1. The van der Waals surface area contributed by atoms with Gasteiger partial charge in [-0.25, -0.2) is 9.97 Å². The summed E-state index contributed by atoms with van der Waals surface area (Å²) in [4.78, 5) is 9.09. The van der Waals surface area contributed by atoms with Crippen LogP contribution in [-0.2, 0) is 4.74 Å². The summed E-state index contributed by atoms with van der Waals surface area (Å²) in [7, 11) is 0. The Morgan fingerprint density at radius 3 is 2.70 bits per heavy atom. The largest absolute Gasteiger partial charge is 0.385 e. The standard InChI is InChI=1S/C15H19N3O2/c1-10-14(16-9-15(19)7-8-20-11(15)2)18-13-6-4-3-5-12(13)17-10/h3-6,11,19H,7-9H2,1-2H3,(H,16,18). The molecule has 1 aromatic heterocycles. The molecule has 0 saturated carbocycles. The predicted molar refractivity (Wildman–Crippen MR) is 77.7 cm³/mol. The van der Waals surface area contributed by atoms with E-state index in [1.54, 1.807) is 0 Å². The van der Waals surface area contributed by atoms with Crippen molar-refractivity contribution in [2.45, 2.75) is 32.0 Å². The van der Waals surface area contributed by atoms with Crippen LogP contribution >= 0.6 is 0 Å². The molecule has 1 fully saturated rings. The van der Waals surface area contributed by atoms with Gasteiger partial charge in [-0.05, 0) is 26.0 Å². The molecule has 2 heterocycles. The number of aryl methyl sites for hydroxylation is 1. The molecule has 106 valence electrons. The Bertz CT molecular complexity index is 632. The molecule has 2 N–H and O–H groups in total. The van der Waals surface area contributed by atoms with Gasteiger partial charge in [-0.2, -0.15) is 0 Å². The van der Waals surface area contributed by atoms with Crippen molar-refractivity contribution in [2.75, 3.05) is 18.5 Å². The van der Waals surface area contributed by atoms with Crippen LogP contribution in [0.3, 0.4) is 0 Å². The molecule has 3 rings (SSSR count). The van der Waals surface area contributed by atoms with Crippen molar-refractivity contribution in [3.05, 3.63) is 30.0 Å². The van der Waals surface area contributed by atoms with Gasteiger partial charge in [0.25, 0.3) is 0 Å². The van der Waals surface area contributed by atoms with Gasteiger partial charge in [0.05, 0.1) is 22.8 Å². The second kappa shape index (κ2) is 5.00. The normalized spacial score (nSPS) is 26.1. The lowest BCUT2D eigenvalue weighted by Crippen LogP contribution is -2.43. The molecule has 0 aliphatic carbocycles. The lowest BCUT2D eigenvalue weighted by molar-refractivity contribution is -0.0176. The predicted octanol–water partition coefficient (Wildman–Crippen LogP) is 1.89. The third kappa shape index (κ3) is 2.34. The van der Waals surface area contributed by atoms with Crippen molar-refractivity contribution < 1.29 is 9.84 Å². The van der Waals surface area contributed by atoms with E-state index >= 15 is 0 Å². The highest BCUT2D eigenvalue weighted by Gasteiger charge is 2.39. The number of nitrogens with one attached hydrogen (secondary N) is 1. The molecule has 1 aromatic carbocycles. The van der Waals surface area contributed by atoms with Gasteiger partial charge in [-0.15, -0.1) is 0 Å². The van der Waals surface area contributed by atoms with Gasteiger partial charge in [0.15, 0.2) is 0 Å². The average molecular weight is 273 g/mol. The summed E-state index contributed by atoms with van der Waals surface area (Å²) in [5.41, 5.74) is 1.73. The minimum absolute atomic E-state index is 0.163. The zero-order valence-corrected chi connectivity index (χ0v) is 11.8. The van der Waals surface area contributed by atoms with Crippen molar-refractivity contribution in [1.29, 1.82) is 0 Å². The smallest absolute Gasteiger partial charge is 0.148 e. The third-order valence-corrected chi connectivity index (χ3v) is 3.97. The highest BCUT2D eigenvalue weighted by Crippen LogP contribution is 2.26. The molecule has 0 spiro atoms. The van der Waals surface area contributed by atoms with Crippen LogP contribution in [0.2, 0.25) is 0 Å². The Morgan fingerprint density at radius 1 is 1.35 bits per heavy atom. The van der Waals surface area contributed by atoms with E-state index in [0.717, 1.165) is 22.5 Å². The number of hydrogen-bond acceptors (Lipinski definition) is 5. The zero-order valence-electron chi connectivity index (χ0n) is 11.8. The van der Waals surface area contributed by atoms with Crippen LogP contribution in [0.4, 0.5) is 5.82 Å². The van der Waals surface area contributed by atoms with Gasteiger partial charge >= 0.3 is 0 Å². The molecular formula is C15H19N3O2. The molecule has 1 aliphatic heterocycles. The summed E-state index contributed by atoms with van der Waals surface area (Å²) < 4.78 is 5.43. The fourth-order valence-corrected chi connectivity index (χ4v) is 2.50. The van der Waals surface area contributed by atoms with Crippen molar-refractivity contribution in [2.24, 2.45) is 0 Å². The SMILES string of the molecule is Cc1nc2ccccc2nc1NCC1(O)CCOC1C. The quantitative estimate of drug-likeness (QED) is 0.894. The van der Waals surface area contributed by atoms with Crippen LogP contribution in [0, 0.1) is 6.92 Å². The van der Waals surface area contributed by atoms with Gasteiger partial charge < -0.3 is 15.2 Å². The average Bonchev–Trinajstić information content (AvgIpc) is 2.77. The summed E-state index contributed by atoms with van der Waals surface area (Å²) >= 11 is 0. The van der Waals surface area contributed by atoms with E-state index in [-0.39, 0.29) is 6.10 Å². The minimum Gasteiger partial charge on any atom is -0.385 e. The minimum atomic E-state index is -0.834. The Hall–Kier alpha value is -1.72. The molecule has 2 aromatic rings. The first kappa shape index (κ1) is 13.3. The molecule has 0 radical (unpaired) electrons. The number of aromatic nitrogens is 2. The molecule has 5 heteroatoms. The van der Waals surface area contributed by atoms with E-state index in [9.17, 15) is 5.11 Å².